The lowest BCUT2D eigenvalue weighted by Crippen LogP contribution is -2.05. The predicted molar refractivity (Wildman–Crippen MR) is 125 cm³/mol. The fourth-order valence-electron chi connectivity index (χ4n) is 3.41. The molecule has 3 rings (SSSR count). The quantitative estimate of drug-likeness (QED) is 0.200. The van der Waals surface area contributed by atoms with Gasteiger partial charge in [-0.3, -0.25) is 0 Å². The number of thiophene rings is 3. The summed E-state index contributed by atoms with van der Waals surface area (Å²) in [6.07, 6.45) is 11.4. The SMILES string of the molecule is CCCCCCCCCCc1c(C(=O)OCC)sc2c1sc1c(Br)csc12. The molecule has 2 nitrogen and oxygen atoms in total. The second kappa shape index (κ2) is 10.4. The van der Waals surface area contributed by atoms with Gasteiger partial charge in [-0.2, -0.15) is 0 Å². The first-order valence-electron chi connectivity index (χ1n) is 9.95. The molecule has 0 bridgehead atoms. The number of halogens is 1. The Labute approximate surface area is 182 Å². The lowest BCUT2D eigenvalue weighted by Gasteiger charge is -2.05. The zero-order valence-electron chi connectivity index (χ0n) is 16.1. The smallest absolute Gasteiger partial charge is 0.348 e. The Morgan fingerprint density at radius 3 is 2.33 bits per heavy atom. The van der Waals surface area contributed by atoms with Crippen LogP contribution >= 0.6 is 49.9 Å². The van der Waals surface area contributed by atoms with E-state index in [-0.39, 0.29) is 5.97 Å². The minimum Gasteiger partial charge on any atom is -0.462 e. The number of rotatable bonds is 11. The van der Waals surface area contributed by atoms with Gasteiger partial charge in [0.25, 0.3) is 0 Å². The zero-order chi connectivity index (χ0) is 19.2. The van der Waals surface area contributed by atoms with Crippen molar-refractivity contribution >= 4 is 74.7 Å². The van der Waals surface area contributed by atoms with Crippen molar-refractivity contribution in [3.8, 4) is 0 Å². The monoisotopic (exact) mass is 486 g/mol. The maximum atomic E-state index is 12.5. The molecule has 0 radical (unpaired) electrons. The molecule has 0 aliphatic carbocycles. The number of aryl methyl sites for hydroxylation is 1. The van der Waals surface area contributed by atoms with E-state index in [1.165, 1.54) is 73.8 Å². The van der Waals surface area contributed by atoms with Crippen molar-refractivity contribution in [1.82, 2.24) is 0 Å². The van der Waals surface area contributed by atoms with Crippen molar-refractivity contribution in [2.45, 2.75) is 71.6 Å². The Hall–Kier alpha value is -0.430. The first kappa shape index (κ1) is 21.3. The van der Waals surface area contributed by atoms with E-state index in [4.69, 9.17) is 4.74 Å². The van der Waals surface area contributed by atoms with Crippen LogP contribution in [-0.4, -0.2) is 12.6 Å². The summed E-state index contributed by atoms with van der Waals surface area (Å²) in [5.41, 5.74) is 1.22. The average Bonchev–Trinajstić information content (AvgIpc) is 3.29. The van der Waals surface area contributed by atoms with Crippen LogP contribution in [0, 0.1) is 0 Å². The molecular weight excluding hydrogens is 460 g/mol. The normalized spacial score (nSPS) is 11.7. The molecule has 3 aromatic rings. The number of ether oxygens (including phenoxy) is 1. The van der Waals surface area contributed by atoms with Crippen molar-refractivity contribution in [3.63, 3.8) is 0 Å². The molecular formula is C21H27BrO2S3. The second-order valence-electron chi connectivity index (χ2n) is 6.86. The molecule has 0 aliphatic rings. The van der Waals surface area contributed by atoms with Crippen LogP contribution < -0.4 is 0 Å². The Kier molecular flexibility index (Phi) is 8.18. The largest absolute Gasteiger partial charge is 0.462 e. The van der Waals surface area contributed by atoms with Crippen LogP contribution in [-0.2, 0) is 11.2 Å². The van der Waals surface area contributed by atoms with Crippen molar-refractivity contribution in [1.29, 1.82) is 0 Å². The van der Waals surface area contributed by atoms with Crippen LogP contribution in [0.25, 0.3) is 18.8 Å². The predicted octanol–water partition coefficient (Wildman–Crippen LogP) is 8.80. The van der Waals surface area contributed by atoms with Crippen LogP contribution in [0.1, 0.15) is 80.4 Å². The van der Waals surface area contributed by atoms with E-state index in [9.17, 15) is 4.79 Å². The minimum atomic E-state index is -0.149. The van der Waals surface area contributed by atoms with Gasteiger partial charge in [0.1, 0.15) is 4.88 Å². The van der Waals surface area contributed by atoms with E-state index in [1.807, 2.05) is 18.3 Å². The summed E-state index contributed by atoms with van der Waals surface area (Å²) in [5.74, 6) is -0.149. The van der Waals surface area contributed by atoms with Crippen LogP contribution in [0.2, 0.25) is 0 Å². The zero-order valence-corrected chi connectivity index (χ0v) is 20.1. The number of hydrogen-bond acceptors (Lipinski definition) is 5. The van der Waals surface area contributed by atoms with Crippen molar-refractivity contribution in [2.24, 2.45) is 0 Å². The van der Waals surface area contributed by atoms with Gasteiger partial charge >= 0.3 is 5.97 Å². The Balaban J connectivity index is 1.71. The van der Waals surface area contributed by atoms with Gasteiger partial charge in [-0.05, 0) is 41.3 Å². The van der Waals surface area contributed by atoms with Gasteiger partial charge in [0, 0.05) is 9.85 Å². The fourth-order valence-corrected chi connectivity index (χ4v) is 8.25. The molecule has 0 fully saturated rings. The molecule has 27 heavy (non-hydrogen) atoms. The number of hydrogen-bond donors (Lipinski definition) is 0. The highest BCUT2D eigenvalue weighted by Crippen LogP contribution is 2.48. The van der Waals surface area contributed by atoms with Gasteiger partial charge in [0.05, 0.1) is 25.4 Å². The molecule has 0 saturated carbocycles. The Morgan fingerprint density at radius 1 is 0.926 bits per heavy atom. The number of fused-ring (bicyclic) bond motifs is 3. The third kappa shape index (κ3) is 4.95. The van der Waals surface area contributed by atoms with E-state index < -0.39 is 0 Å². The van der Waals surface area contributed by atoms with Crippen molar-refractivity contribution in [3.05, 3.63) is 20.3 Å². The van der Waals surface area contributed by atoms with E-state index in [0.29, 0.717) is 6.61 Å². The number of esters is 1. The molecule has 3 aromatic heterocycles. The van der Waals surface area contributed by atoms with Crippen LogP contribution in [0.5, 0.6) is 0 Å². The van der Waals surface area contributed by atoms with Crippen LogP contribution in [0.4, 0.5) is 0 Å². The topological polar surface area (TPSA) is 26.3 Å². The van der Waals surface area contributed by atoms with Crippen molar-refractivity contribution < 1.29 is 9.53 Å². The molecule has 0 unspecified atom stereocenters. The maximum absolute atomic E-state index is 12.5. The second-order valence-corrected chi connectivity index (χ2v) is 10.6. The highest BCUT2D eigenvalue weighted by Gasteiger charge is 2.23. The van der Waals surface area contributed by atoms with Gasteiger partial charge in [-0.15, -0.1) is 34.0 Å². The summed E-state index contributed by atoms with van der Waals surface area (Å²) in [7, 11) is 0. The molecule has 0 aliphatic heterocycles. The van der Waals surface area contributed by atoms with Crippen LogP contribution in [0.15, 0.2) is 9.85 Å². The first-order chi connectivity index (χ1) is 13.2. The molecule has 0 saturated heterocycles. The van der Waals surface area contributed by atoms with Crippen molar-refractivity contribution in [2.75, 3.05) is 6.61 Å². The van der Waals surface area contributed by atoms with E-state index in [0.717, 1.165) is 17.7 Å². The average molecular weight is 488 g/mol. The molecule has 0 aromatic carbocycles. The Bertz CT molecular complexity index is 890. The minimum absolute atomic E-state index is 0.149. The molecule has 0 atom stereocenters. The number of unbranched alkanes of at least 4 members (excludes halogenated alkanes) is 7. The van der Waals surface area contributed by atoms with Gasteiger partial charge in [0.2, 0.25) is 0 Å². The summed E-state index contributed by atoms with van der Waals surface area (Å²) in [4.78, 5) is 13.3. The number of carbonyl (C=O) groups excluding carboxylic acids is 1. The summed E-state index contributed by atoms with van der Waals surface area (Å²) in [5, 5.41) is 2.14. The van der Waals surface area contributed by atoms with E-state index >= 15 is 0 Å². The highest BCUT2D eigenvalue weighted by molar-refractivity contribution is 9.10. The summed E-state index contributed by atoms with van der Waals surface area (Å²) < 4.78 is 11.7. The highest BCUT2D eigenvalue weighted by atomic mass is 79.9. The Morgan fingerprint density at radius 2 is 1.63 bits per heavy atom. The third-order valence-corrected chi connectivity index (χ3v) is 9.90. The number of carbonyl (C=O) groups is 1. The van der Waals surface area contributed by atoms with Gasteiger partial charge in [0.15, 0.2) is 0 Å². The molecule has 0 amide bonds. The fraction of sp³-hybridized carbons (Fsp3) is 0.571. The lowest BCUT2D eigenvalue weighted by atomic mass is 10.0. The standard InChI is InChI=1S/C21H27BrO2S3/c1-3-5-6-7-8-9-10-11-12-14-16-20(27-17(14)21(23)24-4-2)19-18(26-16)15(22)13-25-19/h13H,3-12H2,1-2H3. The van der Waals surface area contributed by atoms with E-state index in [2.05, 4.69) is 28.2 Å². The molecule has 3 heterocycles. The van der Waals surface area contributed by atoms with Gasteiger partial charge < -0.3 is 4.74 Å². The first-order valence-corrected chi connectivity index (χ1v) is 13.3. The van der Waals surface area contributed by atoms with Gasteiger partial charge in [-0.25, -0.2) is 4.79 Å². The summed E-state index contributed by atoms with van der Waals surface area (Å²) in [6, 6.07) is 0. The van der Waals surface area contributed by atoms with E-state index in [1.54, 1.807) is 22.7 Å². The summed E-state index contributed by atoms with van der Waals surface area (Å²) >= 11 is 8.87. The third-order valence-electron chi connectivity index (χ3n) is 4.81. The molecule has 0 N–H and O–H groups in total. The molecule has 6 heteroatoms. The molecule has 0 spiro atoms. The van der Waals surface area contributed by atoms with Crippen LogP contribution in [0.3, 0.4) is 0 Å². The maximum Gasteiger partial charge on any atom is 0.348 e. The molecule has 148 valence electrons. The van der Waals surface area contributed by atoms with Gasteiger partial charge in [-0.1, -0.05) is 51.9 Å². The lowest BCUT2D eigenvalue weighted by molar-refractivity contribution is 0.0531. The summed E-state index contributed by atoms with van der Waals surface area (Å²) in [6.45, 7) is 4.57.